The largest absolute Gasteiger partial charge is 0.389 e. The normalized spacial score (nSPS) is 58.7. The Labute approximate surface area is 99.6 Å². The molecule has 0 heterocycles. The summed E-state index contributed by atoms with van der Waals surface area (Å²) >= 11 is 0. The number of aliphatic hydroxyl groups is 1. The van der Waals surface area contributed by atoms with Crippen LogP contribution in [0.4, 0.5) is 0 Å². The summed E-state index contributed by atoms with van der Waals surface area (Å²) in [6, 6.07) is 0. The van der Waals surface area contributed by atoms with Crippen LogP contribution in [0.3, 0.4) is 0 Å². The minimum absolute atomic E-state index is 0.327. The minimum atomic E-state index is -0.327. The average molecular weight is 222 g/mol. The second-order valence-electron chi connectivity index (χ2n) is 7.47. The van der Waals surface area contributed by atoms with Crippen LogP contribution < -0.4 is 0 Å². The fourth-order valence-corrected chi connectivity index (χ4v) is 5.27. The van der Waals surface area contributed by atoms with Crippen LogP contribution in [-0.4, -0.2) is 10.7 Å². The van der Waals surface area contributed by atoms with Gasteiger partial charge in [0, 0.05) is 0 Å². The molecule has 0 radical (unpaired) electrons. The van der Waals surface area contributed by atoms with Crippen molar-refractivity contribution >= 4 is 0 Å². The maximum atomic E-state index is 11.1. The number of rotatable bonds is 0. The zero-order chi connectivity index (χ0) is 11.7. The summed E-state index contributed by atoms with van der Waals surface area (Å²) in [5, 5.41) is 11.1. The van der Waals surface area contributed by atoms with Gasteiger partial charge in [-0.3, -0.25) is 0 Å². The van der Waals surface area contributed by atoms with E-state index >= 15 is 0 Å². The first-order chi connectivity index (χ1) is 7.39. The van der Waals surface area contributed by atoms with Gasteiger partial charge in [-0.2, -0.15) is 0 Å². The Hall–Kier alpha value is -0.0400. The third-order valence-electron chi connectivity index (χ3n) is 6.48. The molecule has 0 spiro atoms. The SMILES string of the molecule is C[C@@H]1CC[C@@]2(O)[C@H]1[C@H]1[C@@H](CC[C@H]2C)C1(C)C. The van der Waals surface area contributed by atoms with E-state index in [1.807, 2.05) is 0 Å². The van der Waals surface area contributed by atoms with E-state index in [0.717, 1.165) is 24.2 Å². The van der Waals surface area contributed by atoms with Gasteiger partial charge in [0.2, 0.25) is 0 Å². The molecule has 0 amide bonds. The lowest BCUT2D eigenvalue weighted by atomic mass is 9.73. The summed E-state index contributed by atoms with van der Waals surface area (Å²) in [7, 11) is 0. The van der Waals surface area contributed by atoms with Gasteiger partial charge in [-0.1, -0.05) is 27.7 Å². The molecule has 0 aromatic carbocycles. The Morgan fingerprint density at radius 2 is 1.69 bits per heavy atom. The van der Waals surface area contributed by atoms with Gasteiger partial charge in [-0.15, -0.1) is 0 Å². The van der Waals surface area contributed by atoms with Gasteiger partial charge in [0.05, 0.1) is 5.60 Å². The molecule has 3 saturated carbocycles. The molecule has 0 aromatic rings. The summed E-state index contributed by atoms with van der Waals surface area (Å²) in [6.45, 7) is 9.49. The van der Waals surface area contributed by atoms with Crippen molar-refractivity contribution in [3.63, 3.8) is 0 Å². The van der Waals surface area contributed by atoms with Gasteiger partial charge in [0.1, 0.15) is 0 Å². The van der Waals surface area contributed by atoms with Crippen molar-refractivity contribution in [3.8, 4) is 0 Å². The van der Waals surface area contributed by atoms with E-state index in [1.54, 1.807) is 0 Å². The summed E-state index contributed by atoms with van der Waals surface area (Å²) in [5.74, 6) is 3.55. The summed E-state index contributed by atoms with van der Waals surface area (Å²) in [6.07, 6.45) is 4.89. The molecule has 0 aliphatic heterocycles. The molecule has 0 aromatic heterocycles. The van der Waals surface area contributed by atoms with Crippen molar-refractivity contribution in [3.05, 3.63) is 0 Å². The average Bonchev–Trinajstić information content (AvgIpc) is 2.64. The quantitative estimate of drug-likeness (QED) is 0.665. The molecule has 0 bridgehead atoms. The predicted octanol–water partition coefficient (Wildman–Crippen LogP) is 3.47. The zero-order valence-corrected chi connectivity index (χ0v) is 11.2. The molecule has 1 nitrogen and oxygen atoms in total. The molecule has 3 aliphatic carbocycles. The molecule has 0 saturated heterocycles. The highest BCUT2D eigenvalue weighted by Gasteiger charge is 2.68. The summed E-state index contributed by atoms with van der Waals surface area (Å²) < 4.78 is 0. The smallest absolute Gasteiger partial charge is 0.0706 e. The maximum absolute atomic E-state index is 11.1. The maximum Gasteiger partial charge on any atom is 0.0706 e. The first kappa shape index (κ1) is 11.1. The van der Waals surface area contributed by atoms with Crippen LogP contribution in [0.1, 0.15) is 53.4 Å². The van der Waals surface area contributed by atoms with Crippen molar-refractivity contribution in [2.45, 2.75) is 59.0 Å². The summed E-state index contributed by atoms with van der Waals surface area (Å²) in [4.78, 5) is 0. The van der Waals surface area contributed by atoms with E-state index in [2.05, 4.69) is 27.7 Å². The Kier molecular flexibility index (Phi) is 2.11. The Morgan fingerprint density at radius 1 is 1.00 bits per heavy atom. The minimum Gasteiger partial charge on any atom is -0.389 e. The molecule has 16 heavy (non-hydrogen) atoms. The van der Waals surface area contributed by atoms with E-state index in [4.69, 9.17) is 0 Å². The Bertz CT molecular complexity index is 309. The van der Waals surface area contributed by atoms with Crippen molar-refractivity contribution in [1.82, 2.24) is 0 Å². The van der Waals surface area contributed by atoms with Gasteiger partial charge in [-0.05, 0) is 60.7 Å². The Balaban J connectivity index is 1.98. The van der Waals surface area contributed by atoms with E-state index in [9.17, 15) is 5.11 Å². The van der Waals surface area contributed by atoms with Gasteiger partial charge in [0.15, 0.2) is 0 Å². The first-order valence-corrected chi connectivity index (χ1v) is 7.11. The monoisotopic (exact) mass is 222 g/mol. The Morgan fingerprint density at radius 3 is 2.38 bits per heavy atom. The molecule has 3 aliphatic rings. The van der Waals surface area contributed by atoms with E-state index in [-0.39, 0.29) is 5.60 Å². The van der Waals surface area contributed by atoms with E-state index in [1.165, 1.54) is 19.3 Å². The lowest BCUT2D eigenvalue weighted by Crippen LogP contribution is -2.42. The van der Waals surface area contributed by atoms with Gasteiger partial charge >= 0.3 is 0 Å². The molecular weight excluding hydrogens is 196 g/mol. The van der Waals surface area contributed by atoms with Crippen LogP contribution in [0.25, 0.3) is 0 Å². The molecular formula is C15H26O. The van der Waals surface area contributed by atoms with Crippen LogP contribution in [0.2, 0.25) is 0 Å². The van der Waals surface area contributed by atoms with Crippen molar-refractivity contribution in [1.29, 1.82) is 0 Å². The second kappa shape index (κ2) is 3.04. The van der Waals surface area contributed by atoms with Crippen LogP contribution >= 0.6 is 0 Å². The fourth-order valence-electron chi connectivity index (χ4n) is 5.27. The van der Waals surface area contributed by atoms with Gasteiger partial charge in [-0.25, -0.2) is 0 Å². The number of fused-ring (bicyclic) bond motifs is 3. The lowest BCUT2D eigenvalue weighted by Gasteiger charge is -2.37. The predicted molar refractivity (Wildman–Crippen MR) is 66.0 cm³/mol. The third kappa shape index (κ3) is 1.16. The lowest BCUT2D eigenvalue weighted by molar-refractivity contribution is -0.0624. The fraction of sp³-hybridized carbons (Fsp3) is 1.00. The molecule has 1 heteroatoms. The van der Waals surface area contributed by atoms with Gasteiger partial charge < -0.3 is 5.11 Å². The third-order valence-corrected chi connectivity index (χ3v) is 6.48. The van der Waals surface area contributed by atoms with Gasteiger partial charge in [0.25, 0.3) is 0 Å². The van der Waals surface area contributed by atoms with Crippen LogP contribution in [0.5, 0.6) is 0 Å². The number of hydrogen-bond donors (Lipinski definition) is 1. The zero-order valence-electron chi connectivity index (χ0n) is 11.2. The number of hydrogen-bond acceptors (Lipinski definition) is 1. The molecule has 1 N–H and O–H groups in total. The standard InChI is InChI=1S/C15H26O/c1-9-7-8-15(16)10(2)5-6-11-13(12(9)15)14(11,3)4/h9-13,16H,5-8H2,1-4H3/t9-,10-,11-,12-,13-,15+/m1/s1. The second-order valence-corrected chi connectivity index (χ2v) is 7.47. The van der Waals surface area contributed by atoms with Crippen LogP contribution in [-0.2, 0) is 0 Å². The van der Waals surface area contributed by atoms with Crippen molar-refractivity contribution in [2.24, 2.45) is 35.0 Å². The van der Waals surface area contributed by atoms with E-state index in [0.29, 0.717) is 17.3 Å². The molecule has 0 unspecified atom stereocenters. The highest BCUT2D eigenvalue weighted by Crippen LogP contribution is 2.71. The first-order valence-electron chi connectivity index (χ1n) is 7.11. The van der Waals surface area contributed by atoms with Crippen LogP contribution in [0.15, 0.2) is 0 Å². The molecule has 92 valence electrons. The molecule has 3 fully saturated rings. The van der Waals surface area contributed by atoms with Crippen LogP contribution in [0, 0.1) is 35.0 Å². The summed E-state index contributed by atoms with van der Waals surface area (Å²) in [5.41, 5.74) is 0.185. The molecule has 6 atom stereocenters. The van der Waals surface area contributed by atoms with E-state index < -0.39 is 0 Å². The van der Waals surface area contributed by atoms with Crippen molar-refractivity contribution < 1.29 is 5.11 Å². The highest BCUT2D eigenvalue weighted by atomic mass is 16.3. The van der Waals surface area contributed by atoms with Crippen molar-refractivity contribution in [2.75, 3.05) is 0 Å². The topological polar surface area (TPSA) is 20.2 Å². The highest BCUT2D eigenvalue weighted by molar-refractivity contribution is 5.17. The molecule has 3 rings (SSSR count).